The number of hydrogen-bond acceptors (Lipinski definition) is 3. The quantitative estimate of drug-likeness (QED) is 0.276. The van der Waals surface area contributed by atoms with E-state index in [2.05, 4.69) is 21.2 Å². The molecule has 1 N–H and O–H groups in total. The molecule has 2 heterocycles. The Morgan fingerprint density at radius 2 is 1.63 bits per heavy atom. The van der Waals surface area contributed by atoms with Gasteiger partial charge in [-0.05, 0) is 74.0 Å². The third-order valence-corrected chi connectivity index (χ3v) is 7.36. The molecule has 5 nitrogen and oxygen atoms in total. The first-order chi connectivity index (χ1) is 18.5. The number of piperazine rings is 1. The molecule has 0 aliphatic carbocycles. The highest BCUT2D eigenvalue weighted by molar-refractivity contribution is 6.30. The van der Waals surface area contributed by atoms with Crippen LogP contribution in [0.15, 0.2) is 84.9 Å². The molecule has 0 spiro atoms. The van der Waals surface area contributed by atoms with E-state index in [1.165, 1.54) is 17.8 Å². The molecule has 0 radical (unpaired) electrons. The van der Waals surface area contributed by atoms with Gasteiger partial charge in [0.15, 0.2) is 0 Å². The Morgan fingerprint density at radius 3 is 2.34 bits per heavy atom. The second-order valence-electron chi connectivity index (χ2n) is 9.62. The number of benzene rings is 3. The molecular formula is C31H32ClFN4O. The largest absolute Gasteiger partial charge is 0.369 e. The summed E-state index contributed by atoms with van der Waals surface area (Å²) in [5, 5.41) is 3.87. The van der Waals surface area contributed by atoms with Crippen molar-refractivity contribution in [1.29, 1.82) is 0 Å². The van der Waals surface area contributed by atoms with Gasteiger partial charge in [0.05, 0.1) is 11.3 Å². The van der Waals surface area contributed by atoms with Crippen molar-refractivity contribution in [3.63, 3.8) is 0 Å². The average Bonchev–Trinajstić information content (AvgIpc) is 3.29. The molecule has 0 atom stereocenters. The highest BCUT2D eigenvalue weighted by Crippen LogP contribution is 2.29. The smallest absolute Gasteiger partial charge is 0.253 e. The van der Waals surface area contributed by atoms with Crippen LogP contribution in [-0.4, -0.2) is 54.6 Å². The van der Waals surface area contributed by atoms with Crippen LogP contribution in [0.3, 0.4) is 0 Å². The van der Waals surface area contributed by atoms with E-state index in [0.717, 1.165) is 66.8 Å². The summed E-state index contributed by atoms with van der Waals surface area (Å²) in [6.07, 6.45) is 0.881. The van der Waals surface area contributed by atoms with Crippen molar-refractivity contribution in [3.8, 4) is 16.9 Å². The van der Waals surface area contributed by atoms with E-state index in [1.54, 1.807) is 12.1 Å². The maximum absolute atomic E-state index is 13.6. The maximum Gasteiger partial charge on any atom is 0.253 e. The van der Waals surface area contributed by atoms with E-state index in [4.69, 9.17) is 11.6 Å². The molecule has 1 saturated heterocycles. The number of aromatic nitrogens is 1. The van der Waals surface area contributed by atoms with Crippen molar-refractivity contribution in [1.82, 2.24) is 14.8 Å². The lowest BCUT2D eigenvalue weighted by Gasteiger charge is -2.36. The molecule has 0 saturated carbocycles. The number of nitrogens with zero attached hydrogens (tertiary/aromatic N) is 3. The number of nitrogens with one attached hydrogen (secondary N) is 1. The highest BCUT2D eigenvalue weighted by Gasteiger charge is 2.20. The van der Waals surface area contributed by atoms with Crippen LogP contribution in [-0.2, 0) is 0 Å². The topological polar surface area (TPSA) is 40.5 Å². The lowest BCUT2D eigenvalue weighted by atomic mass is 10.1. The number of carbonyl (C=O) groups is 1. The summed E-state index contributed by atoms with van der Waals surface area (Å²) < 4.78 is 15.6. The van der Waals surface area contributed by atoms with E-state index in [1.807, 2.05) is 66.1 Å². The molecule has 0 unspecified atom stereocenters. The van der Waals surface area contributed by atoms with Gasteiger partial charge in [-0.1, -0.05) is 48.0 Å². The summed E-state index contributed by atoms with van der Waals surface area (Å²) >= 11 is 6.15. The summed E-state index contributed by atoms with van der Waals surface area (Å²) in [5.74, 6) is -0.380. The van der Waals surface area contributed by atoms with Gasteiger partial charge in [0, 0.05) is 54.8 Å². The summed E-state index contributed by atoms with van der Waals surface area (Å²) in [7, 11) is 0. The molecule has 1 fully saturated rings. The van der Waals surface area contributed by atoms with Gasteiger partial charge in [0.1, 0.15) is 5.82 Å². The third-order valence-electron chi connectivity index (χ3n) is 7.13. The molecule has 1 aliphatic rings. The molecule has 1 amide bonds. The minimum atomic E-state index is -0.288. The maximum atomic E-state index is 13.6. The Balaban J connectivity index is 1.19. The lowest BCUT2D eigenvalue weighted by molar-refractivity contribution is 0.0951. The second kappa shape index (κ2) is 11.8. The zero-order chi connectivity index (χ0) is 26.5. The standard InChI is InChI=1S/C31H32ClFN4O/c1-23-29(22-30(24-7-3-2-4-8-24)37(23)27-13-11-26(33)12-14-27)31(38)34-15-6-16-35-17-19-36(20-18-35)28-10-5-9-25(32)21-28/h2-5,7-14,21-22H,6,15-20H2,1H3,(H,34,38). The van der Waals surface area contributed by atoms with Crippen LogP contribution >= 0.6 is 11.6 Å². The number of anilines is 1. The number of rotatable bonds is 8. The number of halogens is 2. The van der Waals surface area contributed by atoms with Crippen LogP contribution in [0.25, 0.3) is 16.9 Å². The van der Waals surface area contributed by atoms with Gasteiger partial charge in [0.25, 0.3) is 5.91 Å². The summed E-state index contributed by atoms with van der Waals surface area (Å²) in [5.41, 5.74) is 5.34. The lowest BCUT2D eigenvalue weighted by Crippen LogP contribution is -2.47. The zero-order valence-electron chi connectivity index (χ0n) is 21.5. The van der Waals surface area contributed by atoms with Crippen LogP contribution in [0.1, 0.15) is 22.5 Å². The molecule has 3 aromatic carbocycles. The fraction of sp³-hybridized carbons (Fsp3) is 0.258. The van der Waals surface area contributed by atoms with Gasteiger partial charge in [-0.3, -0.25) is 9.69 Å². The van der Waals surface area contributed by atoms with E-state index in [-0.39, 0.29) is 11.7 Å². The summed E-state index contributed by atoms with van der Waals surface area (Å²) in [6.45, 7) is 7.38. The molecule has 196 valence electrons. The first-order valence-electron chi connectivity index (χ1n) is 13.0. The Morgan fingerprint density at radius 1 is 0.895 bits per heavy atom. The van der Waals surface area contributed by atoms with Gasteiger partial charge in [-0.25, -0.2) is 4.39 Å². The molecule has 1 aromatic heterocycles. The zero-order valence-corrected chi connectivity index (χ0v) is 22.3. The minimum absolute atomic E-state index is 0.0914. The Labute approximate surface area is 228 Å². The van der Waals surface area contributed by atoms with Gasteiger partial charge < -0.3 is 14.8 Å². The Kier molecular flexibility index (Phi) is 8.11. The second-order valence-corrected chi connectivity index (χ2v) is 10.1. The van der Waals surface area contributed by atoms with E-state index < -0.39 is 0 Å². The van der Waals surface area contributed by atoms with Crippen LogP contribution in [0.5, 0.6) is 0 Å². The van der Waals surface area contributed by atoms with Gasteiger partial charge in [-0.15, -0.1) is 0 Å². The van der Waals surface area contributed by atoms with Crippen molar-refractivity contribution in [2.75, 3.05) is 44.2 Å². The predicted molar refractivity (Wildman–Crippen MR) is 153 cm³/mol. The van der Waals surface area contributed by atoms with Gasteiger partial charge in [-0.2, -0.15) is 0 Å². The summed E-state index contributed by atoms with van der Waals surface area (Å²) in [4.78, 5) is 18.0. The molecule has 1 aliphatic heterocycles. The van der Waals surface area contributed by atoms with Crippen molar-refractivity contribution < 1.29 is 9.18 Å². The first-order valence-corrected chi connectivity index (χ1v) is 13.4. The van der Waals surface area contributed by atoms with E-state index >= 15 is 0 Å². The van der Waals surface area contributed by atoms with Crippen LogP contribution < -0.4 is 10.2 Å². The van der Waals surface area contributed by atoms with Crippen LogP contribution in [0, 0.1) is 12.7 Å². The van der Waals surface area contributed by atoms with Crippen molar-refractivity contribution >= 4 is 23.2 Å². The van der Waals surface area contributed by atoms with Crippen molar-refractivity contribution in [3.05, 3.63) is 107 Å². The monoisotopic (exact) mass is 530 g/mol. The van der Waals surface area contributed by atoms with Crippen LogP contribution in [0.4, 0.5) is 10.1 Å². The van der Waals surface area contributed by atoms with Gasteiger partial charge >= 0.3 is 0 Å². The van der Waals surface area contributed by atoms with E-state index in [9.17, 15) is 9.18 Å². The highest BCUT2D eigenvalue weighted by atomic mass is 35.5. The fourth-order valence-corrected chi connectivity index (χ4v) is 5.27. The van der Waals surface area contributed by atoms with Gasteiger partial charge in [0.2, 0.25) is 0 Å². The minimum Gasteiger partial charge on any atom is -0.369 e. The van der Waals surface area contributed by atoms with E-state index in [0.29, 0.717) is 12.1 Å². The molecule has 7 heteroatoms. The Bertz CT molecular complexity index is 1380. The van der Waals surface area contributed by atoms with Crippen molar-refractivity contribution in [2.24, 2.45) is 0 Å². The first kappa shape index (κ1) is 26.0. The molecule has 0 bridgehead atoms. The Hall–Kier alpha value is -3.61. The van der Waals surface area contributed by atoms with Crippen molar-refractivity contribution in [2.45, 2.75) is 13.3 Å². The third kappa shape index (κ3) is 5.93. The molecular weight excluding hydrogens is 499 g/mol. The SMILES string of the molecule is Cc1c(C(=O)NCCCN2CCN(c3cccc(Cl)c3)CC2)cc(-c2ccccc2)n1-c1ccc(F)cc1. The van der Waals surface area contributed by atoms with Crippen LogP contribution in [0.2, 0.25) is 5.02 Å². The molecule has 5 rings (SSSR count). The fourth-order valence-electron chi connectivity index (χ4n) is 5.08. The number of carbonyl (C=O) groups excluding carboxylic acids is 1. The molecule has 38 heavy (non-hydrogen) atoms. The number of amides is 1. The summed E-state index contributed by atoms with van der Waals surface area (Å²) in [6, 6.07) is 26.2. The molecule has 4 aromatic rings. The average molecular weight is 531 g/mol. The number of hydrogen-bond donors (Lipinski definition) is 1. The normalized spacial score (nSPS) is 14.0. The predicted octanol–water partition coefficient (Wildman–Crippen LogP) is 6.19.